The van der Waals surface area contributed by atoms with Gasteiger partial charge in [0.2, 0.25) is 14.2 Å². The Morgan fingerprint density at radius 2 is 2.33 bits per heavy atom. The summed E-state index contributed by atoms with van der Waals surface area (Å²) < 4.78 is 22.9. The van der Waals surface area contributed by atoms with Gasteiger partial charge in [-0.2, -0.15) is 0 Å². The Bertz CT molecular complexity index is 317. The van der Waals surface area contributed by atoms with Crippen LogP contribution in [0.2, 0.25) is 0 Å². The average Bonchev–Trinajstić information content (AvgIpc) is 2.53. The molecule has 0 atom stereocenters. The minimum atomic E-state index is -3.15. The number of sulfone groups is 1. The highest BCUT2D eigenvalue weighted by atomic mass is 32.2. The molecule has 0 spiro atoms. The van der Waals surface area contributed by atoms with Gasteiger partial charge >= 0.3 is 0 Å². The van der Waals surface area contributed by atoms with Gasteiger partial charge in [0.1, 0.15) is 0 Å². The monoisotopic (exact) mass is 206 g/mol. The minimum Gasteiger partial charge on any atom is -0.330 e. The Labute approximate surface area is 75.4 Å². The highest BCUT2D eigenvalue weighted by Crippen LogP contribution is 2.13. The van der Waals surface area contributed by atoms with Crippen molar-refractivity contribution < 1.29 is 8.42 Å². The van der Waals surface area contributed by atoms with Crippen molar-refractivity contribution in [2.75, 3.05) is 12.3 Å². The largest absolute Gasteiger partial charge is 0.330 e. The molecule has 0 amide bonds. The zero-order valence-electron chi connectivity index (χ0n) is 6.43. The van der Waals surface area contributed by atoms with E-state index < -0.39 is 9.84 Å². The summed E-state index contributed by atoms with van der Waals surface area (Å²) in [4.78, 5) is 3.73. The molecule has 0 aliphatic rings. The lowest BCUT2D eigenvalue weighted by Crippen LogP contribution is -2.11. The molecule has 1 aromatic rings. The Kier molecular flexibility index (Phi) is 3.19. The number of nitrogens with zero attached hydrogens (tertiary/aromatic N) is 1. The smallest absolute Gasteiger partial charge is 0.209 e. The van der Waals surface area contributed by atoms with Crippen LogP contribution >= 0.6 is 11.3 Å². The first-order valence-corrected chi connectivity index (χ1v) is 6.02. The quantitative estimate of drug-likeness (QED) is 0.767. The van der Waals surface area contributed by atoms with Gasteiger partial charge in [0, 0.05) is 11.6 Å². The highest BCUT2D eigenvalue weighted by Gasteiger charge is 2.15. The van der Waals surface area contributed by atoms with Crippen LogP contribution < -0.4 is 5.73 Å². The third-order valence-corrected chi connectivity index (χ3v) is 4.37. The Balaban J connectivity index is 2.74. The van der Waals surface area contributed by atoms with Crippen molar-refractivity contribution in [3.63, 3.8) is 0 Å². The number of hydrogen-bond acceptors (Lipinski definition) is 5. The fraction of sp³-hybridized carbons (Fsp3) is 0.500. The first kappa shape index (κ1) is 9.63. The molecule has 1 rings (SSSR count). The second-order valence-corrected chi connectivity index (χ2v) is 5.44. The first-order chi connectivity index (χ1) is 5.67. The van der Waals surface area contributed by atoms with Crippen LogP contribution in [0.15, 0.2) is 15.9 Å². The Hall–Kier alpha value is -0.460. The van der Waals surface area contributed by atoms with Crippen LogP contribution in [0.3, 0.4) is 0 Å². The fourth-order valence-electron chi connectivity index (χ4n) is 0.725. The summed E-state index contributed by atoms with van der Waals surface area (Å²) in [6, 6.07) is 0. The standard InChI is InChI=1S/C6H10N2O2S2/c7-2-1-5-12(9,10)6-8-3-4-11-6/h3-4H,1-2,5,7H2. The van der Waals surface area contributed by atoms with Crippen molar-refractivity contribution in [3.05, 3.63) is 11.6 Å². The van der Waals surface area contributed by atoms with E-state index in [1.807, 2.05) is 0 Å². The van der Waals surface area contributed by atoms with E-state index in [-0.39, 0.29) is 10.1 Å². The third kappa shape index (κ3) is 2.26. The second-order valence-electron chi connectivity index (χ2n) is 2.26. The molecule has 0 saturated heterocycles. The molecule has 4 nitrogen and oxygen atoms in total. The summed E-state index contributed by atoms with van der Waals surface area (Å²) in [7, 11) is -3.15. The van der Waals surface area contributed by atoms with Crippen LogP contribution in [0.4, 0.5) is 0 Å². The van der Waals surface area contributed by atoms with Gasteiger partial charge in [-0.05, 0) is 13.0 Å². The van der Waals surface area contributed by atoms with Gasteiger partial charge in [-0.25, -0.2) is 13.4 Å². The Morgan fingerprint density at radius 3 is 2.83 bits per heavy atom. The topological polar surface area (TPSA) is 73.1 Å². The molecular formula is C6H10N2O2S2. The van der Waals surface area contributed by atoms with Gasteiger partial charge in [0.25, 0.3) is 0 Å². The maximum atomic E-state index is 11.3. The van der Waals surface area contributed by atoms with Gasteiger partial charge < -0.3 is 5.73 Å². The lowest BCUT2D eigenvalue weighted by atomic mass is 10.5. The van der Waals surface area contributed by atoms with Crippen molar-refractivity contribution in [1.29, 1.82) is 0 Å². The third-order valence-electron chi connectivity index (χ3n) is 1.29. The molecule has 0 radical (unpaired) electrons. The average molecular weight is 206 g/mol. The van der Waals surface area contributed by atoms with E-state index in [1.54, 1.807) is 5.38 Å². The van der Waals surface area contributed by atoms with E-state index in [2.05, 4.69) is 4.98 Å². The predicted octanol–water partition coefficient (Wildman–Crippen LogP) is 0.266. The molecule has 1 heterocycles. The van der Waals surface area contributed by atoms with E-state index in [0.29, 0.717) is 13.0 Å². The first-order valence-electron chi connectivity index (χ1n) is 3.49. The maximum absolute atomic E-state index is 11.3. The van der Waals surface area contributed by atoms with Crippen molar-refractivity contribution in [1.82, 2.24) is 4.98 Å². The number of aromatic nitrogens is 1. The van der Waals surface area contributed by atoms with Gasteiger partial charge in [0.05, 0.1) is 5.75 Å². The predicted molar refractivity (Wildman–Crippen MR) is 47.8 cm³/mol. The number of nitrogens with two attached hydrogens (primary N) is 1. The van der Waals surface area contributed by atoms with Crippen molar-refractivity contribution in [2.45, 2.75) is 10.8 Å². The summed E-state index contributed by atoms with van der Waals surface area (Å²) >= 11 is 1.14. The number of thiazole rings is 1. The molecule has 0 aliphatic carbocycles. The second kappa shape index (κ2) is 3.97. The van der Waals surface area contributed by atoms with Gasteiger partial charge in [-0.15, -0.1) is 11.3 Å². The Morgan fingerprint density at radius 1 is 1.58 bits per heavy atom. The van der Waals surface area contributed by atoms with Crippen LogP contribution in [-0.2, 0) is 9.84 Å². The van der Waals surface area contributed by atoms with E-state index >= 15 is 0 Å². The molecule has 0 bridgehead atoms. The van der Waals surface area contributed by atoms with Crippen molar-refractivity contribution >= 4 is 21.2 Å². The van der Waals surface area contributed by atoms with Crippen LogP contribution in [-0.4, -0.2) is 25.7 Å². The van der Waals surface area contributed by atoms with E-state index in [1.165, 1.54) is 6.20 Å². The molecule has 0 saturated carbocycles. The van der Waals surface area contributed by atoms with Gasteiger partial charge in [-0.3, -0.25) is 0 Å². The lowest BCUT2D eigenvalue weighted by Gasteiger charge is -1.97. The zero-order valence-corrected chi connectivity index (χ0v) is 8.07. The molecule has 0 unspecified atom stereocenters. The van der Waals surface area contributed by atoms with Crippen molar-refractivity contribution in [2.24, 2.45) is 5.73 Å². The summed E-state index contributed by atoms with van der Waals surface area (Å²) in [5.74, 6) is 0.0943. The van der Waals surface area contributed by atoms with Gasteiger partial charge in [0.15, 0.2) is 0 Å². The molecule has 68 valence electrons. The lowest BCUT2D eigenvalue weighted by molar-refractivity contribution is 0.593. The van der Waals surface area contributed by atoms with Crippen LogP contribution in [0.5, 0.6) is 0 Å². The zero-order chi connectivity index (χ0) is 9.03. The highest BCUT2D eigenvalue weighted by molar-refractivity contribution is 7.93. The molecule has 0 fully saturated rings. The normalized spacial score (nSPS) is 11.8. The summed E-state index contributed by atoms with van der Waals surface area (Å²) in [6.07, 6.45) is 1.97. The van der Waals surface area contributed by atoms with Crippen LogP contribution in [0.1, 0.15) is 6.42 Å². The van der Waals surface area contributed by atoms with Crippen molar-refractivity contribution in [3.8, 4) is 0 Å². The summed E-state index contributed by atoms with van der Waals surface area (Å²) in [6.45, 7) is 0.393. The van der Waals surface area contributed by atoms with Crippen LogP contribution in [0.25, 0.3) is 0 Å². The molecule has 1 aromatic heterocycles. The number of hydrogen-bond donors (Lipinski definition) is 1. The van der Waals surface area contributed by atoms with E-state index in [0.717, 1.165) is 11.3 Å². The SMILES string of the molecule is NCCCS(=O)(=O)c1nccs1. The maximum Gasteiger partial charge on any atom is 0.209 e. The molecule has 12 heavy (non-hydrogen) atoms. The molecular weight excluding hydrogens is 196 g/mol. The summed E-state index contributed by atoms with van der Waals surface area (Å²) in [5.41, 5.74) is 5.21. The molecule has 6 heteroatoms. The fourth-order valence-corrected chi connectivity index (χ4v) is 3.03. The van der Waals surface area contributed by atoms with E-state index in [9.17, 15) is 8.42 Å². The molecule has 2 N–H and O–H groups in total. The van der Waals surface area contributed by atoms with Crippen LogP contribution in [0, 0.1) is 0 Å². The van der Waals surface area contributed by atoms with Gasteiger partial charge in [-0.1, -0.05) is 0 Å². The summed E-state index contributed by atoms with van der Waals surface area (Å²) in [5, 5.41) is 1.65. The number of rotatable bonds is 4. The van der Waals surface area contributed by atoms with E-state index in [4.69, 9.17) is 5.73 Å². The minimum absolute atomic E-state index is 0.0943. The molecule has 0 aliphatic heterocycles. The molecule has 0 aromatic carbocycles.